The maximum Gasteiger partial charge on any atom is 0.237 e. The van der Waals surface area contributed by atoms with Crippen LogP contribution in [0.25, 0.3) is 0 Å². The lowest BCUT2D eigenvalue weighted by atomic mass is 9.77. The van der Waals surface area contributed by atoms with Crippen LogP contribution in [0.15, 0.2) is 0 Å². The van der Waals surface area contributed by atoms with E-state index in [1.54, 1.807) is 0 Å². The maximum absolute atomic E-state index is 12.3. The molecule has 0 spiro atoms. The first-order valence-corrected chi connectivity index (χ1v) is 8.19. The highest BCUT2D eigenvalue weighted by molar-refractivity contribution is 5.81. The van der Waals surface area contributed by atoms with E-state index >= 15 is 0 Å². The van der Waals surface area contributed by atoms with Crippen LogP contribution < -0.4 is 10.6 Å². The highest BCUT2D eigenvalue weighted by atomic mass is 16.5. The molecule has 20 heavy (non-hydrogen) atoms. The third-order valence-electron chi connectivity index (χ3n) is 4.69. The summed E-state index contributed by atoms with van der Waals surface area (Å²) in [6, 6.07) is 0.555. The van der Waals surface area contributed by atoms with Crippen LogP contribution in [-0.4, -0.2) is 36.7 Å². The van der Waals surface area contributed by atoms with Gasteiger partial charge in [0, 0.05) is 19.2 Å². The van der Waals surface area contributed by atoms with Crippen molar-refractivity contribution in [3.8, 4) is 0 Å². The van der Waals surface area contributed by atoms with Gasteiger partial charge >= 0.3 is 0 Å². The SMILES string of the molecule is CCOC(C)(C)CNC(=O)C1CCC2CCCCC2N1. The lowest BCUT2D eigenvalue weighted by Gasteiger charge is -2.40. The molecule has 116 valence electrons. The molecule has 1 heterocycles. The minimum atomic E-state index is -0.285. The molecule has 3 unspecified atom stereocenters. The van der Waals surface area contributed by atoms with Crippen LogP contribution in [0.2, 0.25) is 0 Å². The molecule has 0 aromatic heterocycles. The Labute approximate surface area is 123 Å². The number of piperidine rings is 1. The molecule has 0 aromatic carbocycles. The van der Waals surface area contributed by atoms with E-state index in [9.17, 15) is 4.79 Å². The summed E-state index contributed by atoms with van der Waals surface area (Å²) in [6.07, 6.45) is 7.41. The van der Waals surface area contributed by atoms with Crippen LogP contribution in [0, 0.1) is 5.92 Å². The van der Waals surface area contributed by atoms with Gasteiger partial charge in [-0.2, -0.15) is 0 Å². The number of carbonyl (C=O) groups is 1. The third-order valence-corrected chi connectivity index (χ3v) is 4.69. The van der Waals surface area contributed by atoms with Crippen molar-refractivity contribution < 1.29 is 9.53 Å². The summed E-state index contributed by atoms with van der Waals surface area (Å²) >= 11 is 0. The van der Waals surface area contributed by atoms with Gasteiger partial charge in [-0.25, -0.2) is 0 Å². The normalized spacial score (nSPS) is 30.6. The Kier molecular flexibility index (Phi) is 5.44. The van der Waals surface area contributed by atoms with Gasteiger partial charge in [-0.05, 0) is 52.4 Å². The van der Waals surface area contributed by atoms with Gasteiger partial charge in [-0.1, -0.05) is 12.8 Å². The Morgan fingerprint density at radius 1 is 1.25 bits per heavy atom. The molecule has 2 N–H and O–H groups in total. The third kappa shape index (κ3) is 4.19. The van der Waals surface area contributed by atoms with Crippen molar-refractivity contribution in [2.45, 2.75) is 77.0 Å². The van der Waals surface area contributed by atoms with E-state index in [4.69, 9.17) is 4.74 Å². The van der Waals surface area contributed by atoms with Gasteiger partial charge in [0.15, 0.2) is 0 Å². The van der Waals surface area contributed by atoms with E-state index in [2.05, 4.69) is 10.6 Å². The minimum absolute atomic E-state index is 0.00761. The fourth-order valence-corrected chi connectivity index (χ4v) is 3.57. The van der Waals surface area contributed by atoms with Gasteiger partial charge in [-0.15, -0.1) is 0 Å². The van der Waals surface area contributed by atoms with Crippen LogP contribution in [-0.2, 0) is 9.53 Å². The smallest absolute Gasteiger partial charge is 0.237 e. The summed E-state index contributed by atoms with van der Waals surface area (Å²) in [5, 5.41) is 6.62. The Hall–Kier alpha value is -0.610. The summed E-state index contributed by atoms with van der Waals surface area (Å²) in [5.41, 5.74) is -0.285. The highest BCUT2D eigenvalue weighted by Crippen LogP contribution is 2.32. The lowest BCUT2D eigenvalue weighted by Crippen LogP contribution is -2.56. The topological polar surface area (TPSA) is 50.4 Å². The second kappa shape index (κ2) is 6.90. The molecule has 0 aromatic rings. The van der Waals surface area contributed by atoms with E-state index in [1.807, 2.05) is 20.8 Å². The molecule has 2 rings (SSSR count). The summed E-state index contributed by atoms with van der Waals surface area (Å²) < 4.78 is 5.62. The predicted octanol–water partition coefficient (Wildman–Crippen LogP) is 2.23. The van der Waals surface area contributed by atoms with E-state index in [0.29, 0.717) is 19.2 Å². The van der Waals surface area contributed by atoms with Crippen molar-refractivity contribution in [2.75, 3.05) is 13.2 Å². The molecular weight excluding hydrogens is 252 g/mol. The van der Waals surface area contributed by atoms with Crippen LogP contribution in [0.4, 0.5) is 0 Å². The van der Waals surface area contributed by atoms with E-state index < -0.39 is 0 Å². The van der Waals surface area contributed by atoms with Crippen LogP contribution >= 0.6 is 0 Å². The van der Waals surface area contributed by atoms with Crippen LogP contribution in [0.3, 0.4) is 0 Å². The van der Waals surface area contributed by atoms with Crippen molar-refractivity contribution >= 4 is 5.91 Å². The van der Waals surface area contributed by atoms with Gasteiger partial charge < -0.3 is 15.4 Å². The Bertz CT molecular complexity index is 330. The highest BCUT2D eigenvalue weighted by Gasteiger charge is 2.34. The Morgan fingerprint density at radius 2 is 2.00 bits per heavy atom. The zero-order valence-corrected chi connectivity index (χ0v) is 13.2. The molecular formula is C16H30N2O2. The van der Waals surface area contributed by atoms with Gasteiger partial charge in [0.05, 0.1) is 11.6 Å². The first-order valence-electron chi connectivity index (χ1n) is 8.19. The minimum Gasteiger partial charge on any atom is -0.374 e. The molecule has 4 nitrogen and oxygen atoms in total. The summed E-state index contributed by atoms with van der Waals surface area (Å²) in [6.45, 7) is 7.26. The van der Waals surface area contributed by atoms with Gasteiger partial charge in [0.2, 0.25) is 5.91 Å². The number of amides is 1. The zero-order valence-electron chi connectivity index (χ0n) is 13.2. The monoisotopic (exact) mass is 282 g/mol. The molecule has 1 aliphatic carbocycles. The molecule has 2 fully saturated rings. The average Bonchev–Trinajstić information content (AvgIpc) is 2.44. The molecule has 1 saturated carbocycles. The number of hydrogen-bond donors (Lipinski definition) is 2. The Balaban J connectivity index is 1.78. The predicted molar refractivity (Wildman–Crippen MR) is 80.6 cm³/mol. The molecule has 2 aliphatic rings. The standard InChI is InChI=1S/C16H30N2O2/c1-4-20-16(2,3)11-17-15(19)14-10-9-12-7-5-6-8-13(12)18-14/h12-14,18H,4-11H2,1-3H3,(H,17,19). The first-order chi connectivity index (χ1) is 9.52. The molecule has 0 radical (unpaired) electrons. The molecule has 1 amide bonds. The fourth-order valence-electron chi connectivity index (χ4n) is 3.57. The molecule has 0 bridgehead atoms. The Morgan fingerprint density at radius 3 is 2.75 bits per heavy atom. The first kappa shape index (κ1) is 15.8. The summed E-state index contributed by atoms with van der Waals surface area (Å²) in [5.74, 6) is 0.939. The van der Waals surface area contributed by atoms with Crippen molar-refractivity contribution in [3.63, 3.8) is 0 Å². The quantitative estimate of drug-likeness (QED) is 0.813. The number of nitrogens with one attached hydrogen (secondary N) is 2. The van der Waals surface area contributed by atoms with Crippen molar-refractivity contribution in [1.82, 2.24) is 10.6 Å². The number of ether oxygens (including phenoxy) is 1. The second-order valence-corrected chi connectivity index (χ2v) is 6.86. The van der Waals surface area contributed by atoms with Gasteiger partial charge in [-0.3, -0.25) is 4.79 Å². The molecule has 3 atom stereocenters. The molecule has 1 saturated heterocycles. The fraction of sp³-hybridized carbons (Fsp3) is 0.938. The summed E-state index contributed by atoms with van der Waals surface area (Å²) in [7, 11) is 0. The molecule has 1 aliphatic heterocycles. The van der Waals surface area contributed by atoms with Crippen molar-refractivity contribution in [3.05, 3.63) is 0 Å². The van der Waals surface area contributed by atoms with Crippen molar-refractivity contribution in [1.29, 1.82) is 0 Å². The van der Waals surface area contributed by atoms with Crippen molar-refractivity contribution in [2.24, 2.45) is 5.92 Å². The number of carbonyl (C=O) groups excluding carboxylic acids is 1. The van der Waals surface area contributed by atoms with E-state index in [-0.39, 0.29) is 17.6 Å². The van der Waals surface area contributed by atoms with Gasteiger partial charge in [0.1, 0.15) is 0 Å². The zero-order chi connectivity index (χ0) is 14.6. The maximum atomic E-state index is 12.3. The second-order valence-electron chi connectivity index (χ2n) is 6.86. The molecule has 4 heteroatoms. The van der Waals surface area contributed by atoms with E-state index in [1.165, 1.54) is 32.1 Å². The van der Waals surface area contributed by atoms with E-state index in [0.717, 1.165) is 12.3 Å². The van der Waals surface area contributed by atoms with Gasteiger partial charge in [0.25, 0.3) is 0 Å². The van der Waals surface area contributed by atoms with Crippen LogP contribution in [0.5, 0.6) is 0 Å². The average molecular weight is 282 g/mol. The number of fused-ring (bicyclic) bond motifs is 1. The lowest BCUT2D eigenvalue weighted by molar-refractivity contribution is -0.126. The summed E-state index contributed by atoms with van der Waals surface area (Å²) in [4.78, 5) is 12.3. The number of rotatable bonds is 5. The van der Waals surface area contributed by atoms with Crippen LogP contribution in [0.1, 0.15) is 59.3 Å². The largest absolute Gasteiger partial charge is 0.374 e. The number of hydrogen-bond acceptors (Lipinski definition) is 3.